The van der Waals surface area contributed by atoms with Gasteiger partial charge in [-0.15, -0.1) is 11.3 Å². The van der Waals surface area contributed by atoms with Crippen molar-refractivity contribution in [3.05, 3.63) is 27.7 Å². The molecule has 0 aliphatic heterocycles. The minimum absolute atomic E-state index is 0.670. The highest BCUT2D eigenvalue weighted by molar-refractivity contribution is 7.09. The maximum Gasteiger partial charge on any atom is 0.164 e. The van der Waals surface area contributed by atoms with Gasteiger partial charge in [0, 0.05) is 11.9 Å². The molecule has 0 saturated heterocycles. The lowest BCUT2D eigenvalue weighted by Gasteiger charge is -1.97. The molecule has 2 rings (SSSR count). The van der Waals surface area contributed by atoms with Gasteiger partial charge in [-0.05, 0) is 13.3 Å². The lowest BCUT2D eigenvalue weighted by atomic mass is 10.4. The van der Waals surface area contributed by atoms with Gasteiger partial charge < -0.3 is 5.32 Å². The third kappa shape index (κ3) is 2.86. The van der Waals surface area contributed by atoms with Gasteiger partial charge in [0.25, 0.3) is 0 Å². The van der Waals surface area contributed by atoms with E-state index in [1.165, 1.54) is 5.01 Å². The number of hydrogen-bond acceptors (Lipinski definition) is 5. The number of rotatable bonds is 5. The van der Waals surface area contributed by atoms with Crippen LogP contribution in [0.15, 0.2) is 5.38 Å². The summed E-state index contributed by atoms with van der Waals surface area (Å²) in [6, 6.07) is 0. The van der Waals surface area contributed by atoms with Crippen LogP contribution < -0.4 is 5.32 Å². The third-order valence-corrected chi connectivity index (χ3v) is 3.18. The lowest BCUT2D eigenvalue weighted by molar-refractivity contribution is 0.655. The minimum atomic E-state index is 0.670. The number of aryl methyl sites for hydroxylation is 2. The topological polar surface area (TPSA) is 66.5 Å². The molecule has 0 saturated carbocycles. The van der Waals surface area contributed by atoms with Crippen molar-refractivity contribution in [1.29, 1.82) is 0 Å². The Bertz CT molecular complexity index is 448. The average molecular weight is 237 g/mol. The van der Waals surface area contributed by atoms with Crippen LogP contribution in [0.3, 0.4) is 0 Å². The van der Waals surface area contributed by atoms with Crippen LogP contribution in [-0.4, -0.2) is 20.2 Å². The molecule has 0 aromatic carbocycles. The Labute approximate surface area is 98.3 Å². The molecule has 0 fully saturated rings. The van der Waals surface area contributed by atoms with E-state index in [9.17, 15) is 0 Å². The van der Waals surface area contributed by atoms with Crippen LogP contribution in [0.1, 0.15) is 29.3 Å². The molecule has 0 aliphatic carbocycles. The summed E-state index contributed by atoms with van der Waals surface area (Å²) >= 11 is 1.71. The van der Waals surface area contributed by atoms with E-state index >= 15 is 0 Å². The van der Waals surface area contributed by atoms with Crippen molar-refractivity contribution in [1.82, 2.24) is 25.5 Å². The summed E-state index contributed by atoms with van der Waals surface area (Å²) in [5.74, 6) is 1.64. The summed E-state index contributed by atoms with van der Waals surface area (Å²) < 4.78 is 0. The van der Waals surface area contributed by atoms with Gasteiger partial charge in [0.2, 0.25) is 0 Å². The quantitative estimate of drug-likeness (QED) is 0.825. The van der Waals surface area contributed by atoms with E-state index in [0.717, 1.165) is 30.3 Å². The van der Waals surface area contributed by atoms with Gasteiger partial charge in [-0.1, -0.05) is 6.92 Å². The molecule has 2 heterocycles. The van der Waals surface area contributed by atoms with Crippen molar-refractivity contribution in [3.8, 4) is 0 Å². The van der Waals surface area contributed by atoms with Gasteiger partial charge in [0.1, 0.15) is 5.82 Å². The van der Waals surface area contributed by atoms with Gasteiger partial charge in [-0.25, -0.2) is 9.97 Å². The Hall–Kier alpha value is -1.27. The first-order valence-corrected chi connectivity index (χ1v) is 6.17. The van der Waals surface area contributed by atoms with Gasteiger partial charge in [0.05, 0.1) is 17.2 Å². The first kappa shape index (κ1) is 11.2. The van der Waals surface area contributed by atoms with Crippen LogP contribution in [0.25, 0.3) is 0 Å². The second kappa shape index (κ2) is 5.18. The summed E-state index contributed by atoms with van der Waals surface area (Å²) in [6.07, 6.45) is 1.00. The summed E-state index contributed by atoms with van der Waals surface area (Å²) in [4.78, 5) is 8.69. The fraction of sp³-hybridized carbons (Fsp3) is 0.500. The van der Waals surface area contributed by atoms with Crippen LogP contribution in [0.5, 0.6) is 0 Å². The fourth-order valence-corrected chi connectivity index (χ4v) is 2.11. The molecule has 2 N–H and O–H groups in total. The molecule has 0 radical (unpaired) electrons. The lowest BCUT2D eigenvalue weighted by Crippen LogP contribution is -2.14. The largest absolute Gasteiger partial charge is 0.304 e. The number of nitrogens with one attached hydrogen (secondary N) is 2. The van der Waals surface area contributed by atoms with Crippen LogP contribution in [0, 0.1) is 6.92 Å². The minimum Gasteiger partial charge on any atom is -0.304 e. The SMILES string of the molecule is CCc1nc(CNCc2n[nH]c(C)n2)cs1. The van der Waals surface area contributed by atoms with E-state index in [2.05, 4.69) is 37.8 Å². The van der Waals surface area contributed by atoms with Crippen molar-refractivity contribution in [2.75, 3.05) is 0 Å². The molecular weight excluding hydrogens is 222 g/mol. The van der Waals surface area contributed by atoms with Crippen molar-refractivity contribution >= 4 is 11.3 Å². The smallest absolute Gasteiger partial charge is 0.164 e. The molecule has 0 atom stereocenters. The summed E-state index contributed by atoms with van der Waals surface area (Å²) in [6.45, 7) is 5.45. The second-order valence-electron chi connectivity index (χ2n) is 3.53. The highest BCUT2D eigenvalue weighted by Gasteiger charge is 2.02. The highest BCUT2D eigenvalue weighted by atomic mass is 32.1. The second-order valence-corrected chi connectivity index (χ2v) is 4.47. The van der Waals surface area contributed by atoms with E-state index in [1.54, 1.807) is 11.3 Å². The number of H-pyrrole nitrogens is 1. The Kier molecular flexibility index (Phi) is 3.63. The van der Waals surface area contributed by atoms with E-state index in [1.807, 2.05) is 6.92 Å². The molecule has 0 spiro atoms. The van der Waals surface area contributed by atoms with Gasteiger partial charge in [-0.2, -0.15) is 5.10 Å². The first-order chi connectivity index (χ1) is 7.78. The van der Waals surface area contributed by atoms with Gasteiger partial charge in [-0.3, -0.25) is 5.10 Å². The molecule has 86 valence electrons. The molecular formula is C10H15N5S. The van der Waals surface area contributed by atoms with Crippen molar-refractivity contribution < 1.29 is 0 Å². The van der Waals surface area contributed by atoms with Crippen molar-refractivity contribution in [2.24, 2.45) is 0 Å². The monoisotopic (exact) mass is 237 g/mol. The van der Waals surface area contributed by atoms with Crippen molar-refractivity contribution in [3.63, 3.8) is 0 Å². The molecule has 5 nitrogen and oxygen atoms in total. The Morgan fingerprint density at radius 2 is 2.25 bits per heavy atom. The molecule has 0 bridgehead atoms. The zero-order valence-corrected chi connectivity index (χ0v) is 10.3. The fourth-order valence-electron chi connectivity index (χ4n) is 1.36. The van der Waals surface area contributed by atoms with E-state index in [4.69, 9.17) is 0 Å². The number of hydrogen-bond donors (Lipinski definition) is 2. The van der Waals surface area contributed by atoms with Crippen LogP contribution in [0.2, 0.25) is 0 Å². The summed E-state index contributed by atoms with van der Waals surface area (Å²) in [7, 11) is 0. The maximum atomic E-state index is 4.47. The number of aromatic nitrogens is 4. The number of thiazole rings is 1. The molecule has 6 heteroatoms. The molecule has 0 unspecified atom stereocenters. The van der Waals surface area contributed by atoms with E-state index in [-0.39, 0.29) is 0 Å². The van der Waals surface area contributed by atoms with Crippen LogP contribution >= 0.6 is 11.3 Å². The van der Waals surface area contributed by atoms with E-state index < -0.39 is 0 Å². The Morgan fingerprint density at radius 3 is 2.88 bits per heavy atom. The summed E-state index contributed by atoms with van der Waals surface area (Å²) in [5, 5.41) is 13.4. The molecule has 0 amide bonds. The maximum absolute atomic E-state index is 4.47. The molecule has 2 aromatic heterocycles. The Balaban J connectivity index is 1.79. The summed E-state index contributed by atoms with van der Waals surface area (Å²) in [5.41, 5.74) is 1.09. The predicted molar refractivity (Wildman–Crippen MR) is 63.2 cm³/mol. The number of aromatic amines is 1. The normalized spacial score (nSPS) is 10.9. The van der Waals surface area contributed by atoms with Gasteiger partial charge in [0.15, 0.2) is 5.82 Å². The highest BCUT2D eigenvalue weighted by Crippen LogP contribution is 2.09. The van der Waals surface area contributed by atoms with Gasteiger partial charge >= 0.3 is 0 Å². The third-order valence-electron chi connectivity index (χ3n) is 2.13. The van der Waals surface area contributed by atoms with E-state index in [0.29, 0.717) is 6.54 Å². The van der Waals surface area contributed by atoms with Crippen molar-refractivity contribution in [2.45, 2.75) is 33.4 Å². The number of nitrogens with zero attached hydrogens (tertiary/aromatic N) is 3. The molecule has 16 heavy (non-hydrogen) atoms. The first-order valence-electron chi connectivity index (χ1n) is 5.30. The van der Waals surface area contributed by atoms with Crippen LogP contribution in [-0.2, 0) is 19.5 Å². The zero-order chi connectivity index (χ0) is 11.4. The molecule has 2 aromatic rings. The zero-order valence-electron chi connectivity index (χ0n) is 9.45. The predicted octanol–water partition coefficient (Wildman–Crippen LogP) is 1.42. The molecule has 0 aliphatic rings. The van der Waals surface area contributed by atoms with Crippen LogP contribution in [0.4, 0.5) is 0 Å². The Morgan fingerprint density at radius 1 is 1.38 bits per heavy atom. The standard InChI is InChI=1S/C10H15N5S/c1-3-10-13-8(6-16-10)4-11-5-9-12-7(2)14-15-9/h6,11H,3-5H2,1-2H3,(H,12,14,15). The average Bonchev–Trinajstić information content (AvgIpc) is 2.88.